The summed E-state index contributed by atoms with van der Waals surface area (Å²) in [7, 11) is -0.731. The summed E-state index contributed by atoms with van der Waals surface area (Å²) in [6, 6.07) is 13.5. The third-order valence-electron chi connectivity index (χ3n) is 5.04. The van der Waals surface area contributed by atoms with E-state index in [9.17, 15) is 18.5 Å². The van der Waals surface area contributed by atoms with Gasteiger partial charge in [-0.05, 0) is 48.7 Å². The molecule has 0 amide bonds. The van der Waals surface area contributed by atoms with Gasteiger partial charge in [-0.3, -0.25) is 4.79 Å². The van der Waals surface area contributed by atoms with Crippen molar-refractivity contribution in [3.63, 3.8) is 0 Å². The van der Waals surface area contributed by atoms with Gasteiger partial charge in [-0.15, -0.1) is 0 Å². The van der Waals surface area contributed by atoms with Crippen molar-refractivity contribution < 1.29 is 13.2 Å². The van der Waals surface area contributed by atoms with E-state index in [0.717, 1.165) is 19.6 Å². The Bertz CT molecular complexity index is 1380. The Morgan fingerprint density at radius 3 is 2.31 bits per heavy atom. The van der Waals surface area contributed by atoms with Gasteiger partial charge < -0.3 is 4.90 Å². The van der Waals surface area contributed by atoms with Crippen LogP contribution in [0, 0.1) is 18.3 Å². The van der Waals surface area contributed by atoms with Crippen LogP contribution in [0.5, 0.6) is 0 Å². The highest BCUT2D eigenvalue weighted by atomic mass is 79.9. The molecule has 3 rings (SSSR count). The number of aryl methyl sites for hydroxylation is 1. The summed E-state index contributed by atoms with van der Waals surface area (Å²) in [4.78, 5) is 15.0. The standard InChI is InChI=1S/C24H24BrN3O3S/c1-15(2)20-10-17-11-23(24(29)18(13-26)14-27(4)5)28(22(17)12-21(20)25)32(30,31)19-8-6-16(3)7-9-19/h6-12,14-15H,1-5H3/b18-14+. The van der Waals surface area contributed by atoms with Gasteiger partial charge in [0.1, 0.15) is 17.3 Å². The van der Waals surface area contributed by atoms with Crippen molar-refractivity contribution in [3.05, 3.63) is 75.5 Å². The minimum atomic E-state index is -4.11. The number of carbonyl (C=O) groups excluding carboxylic acids is 1. The number of hydrogen-bond acceptors (Lipinski definition) is 5. The lowest BCUT2D eigenvalue weighted by Crippen LogP contribution is -2.20. The molecule has 1 heterocycles. The number of benzene rings is 2. The van der Waals surface area contributed by atoms with E-state index < -0.39 is 15.8 Å². The van der Waals surface area contributed by atoms with Crippen LogP contribution in [0.1, 0.15) is 41.4 Å². The van der Waals surface area contributed by atoms with Gasteiger partial charge in [-0.2, -0.15) is 5.26 Å². The Kier molecular flexibility index (Phi) is 6.63. The molecule has 0 spiro atoms. The van der Waals surface area contributed by atoms with Gasteiger partial charge in [0, 0.05) is 30.2 Å². The topological polar surface area (TPSA) is 83.2 Å². The van der Waals surface area contributed by atoms with E-state index in [2.05, 4.69) is 15.9 Å². The maximum absolute atomic E-state index is 13.7. The highest BCUT2D eigenvalue weighted by Crippen LogP contribution is 2.34. The normalized spacial score (nSPS) is 12.2. The zero-order chi connectivity index (χ0) is 23.8. The monoisotopic (exact) mass is 513 g/mol. The zero-order valence-electron chi connectivity index (χ0n) is 18.5. The van der Waals surface area contributed by atoms with Gasteiger partial charge in [0.15, 0.2) is 0 Å². The molecule has 0 aliphatic carbocycles. The summed E-state index contributed by atoms with van der Waals surface area (Å²) in [5.74, 6) is -0.469. The van der Waals surface area contributed by atoms with Crippen molar-refractivity contribution in [1.29, 1.82) is 5.26 Å². The highest BCUT2D eigenvalue weighted by molar-refractivity contribution is 9.10. The maximum atomic E-state index is 13.7. The summed E-state index contributed by atoms with van der Waals surface area (Å²) < 4.78 is 29.2. The number of Topliss-reactive ketones (excluding diaryl/α,β-unsaturated/α-hetero) is 1. The number of halogens is 1. The van der Waals surface area contributed by atoms with Gasteiger partial charge in [-0.1, -0.05) is 47.5 Å². The molecule has 0 unspecified atom stereocenters. The molecule has 0 atom stereocenters. The summed E-state index contributed by atoms with van der Waals surface area (Å²) in [5, 5.41) is 10.2. The first-order valence-electron chi connectivity index (χ1n) is 9.97. The number of aromatic nitrogens is 1. The van der Waals surface area contributed by atoms with Crippen LogP contribution in [0.2, 0.25) is 0 Å². The first-order valence-corrected chi connectivity index (χ1v) is 12.2. The van der Waals surface area contributed by atoms with E-state index in [1.807, 2.05) is 32.9 Å². The number of ketones is 1. The summed E-state index contributed by atoms with van der Waals surface area (Å²) in [5.41, 5.74) is 2.05. The predicted octanol–water partition coefficient (Wildman–Crippen LogP) is 5.22. The van der Waals surface area contributed by atoms with E-state index in [1.54, 1.807) is 43.3 Å². The van der Waals surface area contributed by atoms with Gasteiger partial charge in [-0.25, -0.2) is 12.4 Å². The van der Waals surface area contributed by atoms with Crippen LogP contribution in [-0.4, -0.2) is 37.2 Å². The lowest BCUT2D eigenvalue weighted by molar-refractivity contribution is 0.103. The van der Waals surface area contributed by atoms with E-state index in [0.29, 0.717) is 10.9 Å². The number of carbonyl (C=O) groups is 1. The number of nitrogens with zero attached hydrogens (tertiary/aromatic N) is 3. The van der Waals surface area contributed by atoms with E-state index >= 15 is 0 Å². The second kappa shape index (κ2) is 8.93. The predicted molar refractivity (Wildman–Crippen MR) is 129 cm³/mol. The van der Waals surface area contributed by atoms with E-state index in [1.165, 1.54) is 18.3 Å². The molecule has 1 aromatic heterocycles. The van der Waals surface area contributed by atoms with Gasteiger partial charge in [0.2, 0.25) is 5.78 Å². The summed E-state index contributed by atoms with van der Waals surface area (Å²) in [6.45, 7) is 5.93. The first kappa shape index (κ1) is 23.8. The molecular formula is C24H24BrN3O3S. The summed E-state index contributed by atoms with van der Waals surface area (Å²) >= 11 is 3.54. The molecule has 166 valence electrons. The molecule has 0 bridgehead atoms. The average molecular weight is 514 g/mol. The van der Waals surface area contributed by atoms with E-state index in [-0.39, 0.29) is 22.1 Å². The van der Waals surface area contributed by atoms with Crippen molar-refractivity contribution in [3.8, 4) is 6.07 Å². The molecular weight excluding hydrogens is 490 g/mol. The number of rotatable bonds is 6. The molecule has 0 N–H and O–H groups in total. The molecule has 0 saturated heterocycles. The lowest BCUT2D eigenvalue weighted by Gasteiger charge is -2.14. The number of allylic oxidation sites excluding steroid dienone is 1. The van der Waals surface area contributed by atoms with E-state index in [4.69, 9.17) is 0 Å². The fourth-order valence-electron chi connectivity index (χ4n) is 3.43. The van der Waals surface area contributed by atoms with Crippen LogP contribution in [0.15, 0.2) is 63.6 Å². The largest absolute Gasteiger partial charge is 0.382 e. The first-order chi connectivity index (χ1) is 15.0. The Hall–Kier alpha value is -2.89. The Balaban J connectivity index is 2.40. The molecule has 32 heavy (non-hydrogen) atoms. The minimum Gasteiger partial charge on any atom is -0.382 e. The van der Waals surface area contributed by atoms with Crippen LogP contribution in [0.4, 0.5) is 0 Å². The Morgan fingerprint density at radius 1 is 1.16 bits per heavy atom. The molecule has 0 aliphatic rings. The molecule has 3 aromatic rings. The molecule has 0 aliphatic heterocycles. The number of hydrogen-bond donors (Lipinski definition) is 0. The quantitative estimate of drug-likeness (QED) is 0.256. The zero-order valence-corrected chi connectivity index (χ0v) is 21.0. The molecule has 0 radical (unpaired) electrons. The number of fused-ring (bicyclic) bond motifs is 1. The van der Waals surface area contributed by atoms with Crippen LogP contribution in [0.25, 0.3) is 10.9 Å². The summed E-state index contributed by atoms with van der Waals surface area (Å²) in [6.07, 6.45) is 1.39. The highest BCUT2D eigenvalue weighted by Gasteiger charge is 2.29. The fraction of sp³-hybridized carbons (Fsp3) is 0.250. The maximum Gasteiger partial charge on any atom is 0.268 e. The number of nitriles is 1. The van der Waals surface area contributed by atoms with Crippen molar-refractivity contribution >= 4 is 42.6 Å². The second-order valence-corrected chi connectivity index (χ2v) is 10.8. The third-order valence-corrected chi connectivity index (χ3v) is 7.47. The van der Waals surface area contributed by atoms with Crippen LogP contribution < -0.4 is 0 Å². The van der Waals surface area contributed by atoms with Crippen LogP contribution >= 0.6 is 15.9 Å². The van der Waals surface area contributed by atoms with Gasteiger partial charge in [0.25, 0.3) is 10.0 Å². The molecule has 0 fully saturated rings. The third kappa shape index (κ3) is 4.36. The molecule has 0 saturated carbocycles. The van der Waals surface area contributed by atoms with Crippen LogP contribution in [0.3, 0.4) is 0 Å². The fourth-order valence-corrected chi connectivity index (χ4v) is 5.73. The Morgan fingerprint density at radius 2 is 1.78 bits per heavy atom. The van der Waals surface area contributed by atoms with Gasteiger partial charge in [0.05, 0.1) is 10.4 Å². The SMILES string of the molecule is Cc1ccc(S(=O)(=O)n2c(C(=O)/C(C#N)=C/N(C)C)cc3cc(C(C)C)c(Br)cc32)cc1. The Labute approximate surface area is 196 Å². The molecule has 2 aromatic carbocycles. The molecule has 6 nitrogen and oxygen atoms in total. The average Bonchev–Trinajstić information content (AvgIpc) is 3.09. The van der Waals surface area contributed by atoms with Crippen molar-refractivity contribution in [2.75, 3.05) is 14.1 Å². The smallest absolute Gasteiger partial charge is 0.268 e. The van der Waals surface area contributed by atoms with Crippen molar-refractivity contribution in [2.24, 2.45) is 0 Å². The van der Waals surface area contributed by atoms with Crippen molar-refractivity contribution in [2.45, 2.75) is 31.6 Å². The minimum absolute atomic E-state index is 0.0637. The van der Waals surface area contributed by atoms with Crippen molar-refractivity contribution in [1.82, 2.24) is 8.87 Å². The molecule has 8 heteroatoms. The van der Waals surface area contributed by atoms with Crippen LogP contribution in [-0.2, 0) is 10.0 Å². The van der Waals surface area contributed by atoms with Gasteiger partial charge >= 0.3 is 0 Å². The second-order valence-electron chi connectivity index (χ2n) is 8.15. The lowest BCUT2D eigenvalue weighted by atomic mass is 10.0.